The summed E-state index contributed by atoms with van der Waals surface area (Å²) in [5, 5.41) is 2.94. The number of anilines is 1. The van der Waals surface area contributed by atoms with Crippen LogP contribution in [0.4, 0.5) is 5.69 Å². The number of hydrogen-bond donors (Lipinski definition) is 1. The van der Waals surface area contributed by atoms with Crippen molar-refractivity contribution in [1.82, 2.24) is 10.2 Å². The molecule has 0 bridgehead atoms. The summed E-state index contributed by atoms with van der Waals surface area (Å²) in [5.41, 5.74) is 2.94. The second kappa shape index (κ2) is 14.2. The molecule has 3 aromatic rings. The average molecular weight is 596 g/mol. The van der Waals surface area contributed by atoms with Crippen LogP contribution in [0, 0.1) is 13.8 Å². The van der Waals surface area contributed by atoms with Crippen LogP contribution >= 0.6 is 0 Å². The number of sulfonamides is 1. The maximum absolute atomic E-state index is 14.1. The number of nitrogens with zero attached hydrogens (tertiary/aromatic N) is 2. The van der Waals surface area contributed by atoms with Crippen LogP contribution in [0.15, 0.2) is 71.6 Å². The van der Waals surface area contributed by atoms with Gasteiger partial charge in [-0.2, -0.15) is 0 Å². The highest BCUT2D eigenvalue weighted by atomic mass is 32.2. The lowest BCUT2D eigenvalue weighted by molar-refractivity contribution is -0.139. The van der Waals surface area contributed by atoms with Crippen LogP contribution in [0.25, 0.3) is 0 Å². The molecule has 10 heteroatoms. The quantitative estimate of drug-likeness (QED) is 0.303. The van der Waals surface area contributed by atoms with E-state index in [4.69, 9.17) is 9.47 Å². The lowest BCUT2D eigenvalue weighted by Crippen LogP contribution is -2.52. The highest BCUT2D eigenvalue weighted by molar-refractivity contribution is 7.92. The van der Waals surface area contributed by atoms with Crippen molar-refractivity contribution in [3.05, 3.63) is 83.4 Å². The number of aryl methyl sites for hydroxylation is 2. The summed E-state index contributed by atoms with van der Waals surface area (Å²) in [6, 6.07) is 17.8. The number of rotatable bonds is 13. The largest absolute Gasteiger partial charge is 0.493 e. The van der Waals surface area contributed by atoms with Gasteiger partial charge in [-0.15, -0.1) is 0 Å². The molecule has 9 nitrogen and oxygen atoms in total. The zero-order valence-corrected chi connectivity index (χ0v) is 26.2. The summed E-state index contributed by atoms with van der Waals surface area (Å²) in [4.78, 5) is 28.8. The molecule has 0 aliphatic carbocycles. The van der Waals surface area contributed by atoms with Gasteiger partial charge in [0.1, 0.15) is 12.6 Å². The first-order valence-electron chi connectivity index (χ1n) is 13.9. The Morgan fingerprint density at radius 1 is 0.881 bits per heavy atom. The van der Waals surface area contributed by atoms with Crippen LogP contribution in [0.2, 0.25) is 0 Å². The molecule has 0 aliphatic heterocycles. The van der Waals surface area contributed by atoms with E-state index in [0.29, 0.717) is 11.5 Å². The fourth-order valence-electron chi connectivity index (χ4n) is 4.40. The number of nitrogens with one attached hydrogen (secondary N) is 1. The zero-order chi connectivity index (χ0) is 31.0. The minimum absolute atomic E-state index is 0.0310. The molecular formula is C32H41N3O6S. The van der Waals surface area contributed by atoms with E-state index >= 15 is 0 Å². The van der Waals surface area contributed by atoms with Gasteiger partial charge in [-0.3, -0.25) is 13.9 Å². The lowest BCUT2D eigenvalue weighted by Gasteiger charge is -2.32. The molecule has 1 N–H and O–H groups in total. The van der Waals surface area contributed by atoms with Crippen molar-refractivity contribution in [2.75, 3.05) is 25.1 Å². The predicted molar refractivity (Wildman–Crippen MR) is 164 cm³/mol. The van der Waals surface area contributed by atoms with Gasteiger partial charge in [-0.25, -0.2) is 8.42 Å². The average Bonchev–Trinajstić information content (AvgIpc) is 2.97. The van der Waals surface area contributed by atoms with Crippen LogP contribution in [0.3, 0.4) is 0 Å². The second-order valence-electron chi connectivity index (χ2n) is 10.4. The summed E-state index contributed by atoms with van der Waals surface area (Å²) in [6.07, 6.45) is 0.728. The van der Waals surface area contributed by atoms with Crippen molar-refractivity contribution in [3.8, 4) is 11.5 Å². The third-order valence-corrected chi connectivity index (χ3v) is 8.93. The van der Waals surface area contributed by atoms with Gasteiger partial charge in [0, 0.05) is 18.7 Å². The molecule has 2 amide bonds. The minimum Gasteiger partial charge on any atom is -0.493 e. The standard InChI is InChI=1S/C32H41N3O6S/c1-8-24(4)33-32(37)25(5)34(20-26-11-9-10-23(3)18-26)31(36)21-35(27-14-17-29(40-6)30(19-27)41-7)42(38,39)28-15-12-22(2)13-16-28/h9-19,24-25H,8,20-21H2,1-7H3,(H,33,37)/t24-,25+/m0/s1. The van der Waals surface area contributed by atoms with Gasteiger partial charge in [0.25, 0.3) is 10.0 Å². The van der Waals surface area contributed by atoms with Crippen molar-refractivity contribution in [3.63, 3.8) is 0 Å². The summed E-state index contributed by atoms with van der Waals surface area (Å²) in [7, 11) is -1.27. The second-order valence-corrected chi connectivity index (χ2v) is 12.2. The smallest absolute Gasteiger partial charge is 0.264 e. The van der Waals surface area contributed by atoms with E-state index in [2.05, 4.69) is 5.32 Å². The molecule has 226 valence electrons. The van der Waals surface area contributed by atoms with E-state index < -0.39 is 28.5 Å². The Balaban J connectivity index is 2.09. The Bertz CT molecular complexity index is 1490. The Hall–Kier alpha value is -4.05. The maximum Gasteiger partial charge on any atom is 0.264 e. The summed E-state index contributed by atoms with van der Waals surface area (Å²) in [6.45, 7) is 8.90. The van der Waals surface area contributed by atoms with Gasteiger partial charge < -0.3 is 19.7 Å². The normalized spacial score (nSPS) is 12.6. The first-order chi connectivity index (χ1) is 19.9. The van der Waals surface area contributed by atoms with Gasteiger partial charge >= 0.3 is 0 Å². The van der Waals surface area contributed by atoms with E-state index in [9.17, 15) is 18.0 Å². The molecule has 0 spiro atoms. The lowest BCUT2D eigenvalue weighted by atomic mass is 10.1. The fourth-order valence-corrected chi connectivity index (χ4v) is 5.81. The van der Waals surface area contributed by atoms with Crippen molar-refractivity contribution in [2.45, 2.75) is 64.6 Å². The molecule has 2 atom stereocenters. The van der Waals surface area contributed by atoms with Gasteiger partial charge in [0.2, 0.25) is 11.8 Å². The fraction of sp³-hybridized carbons (Fsp3) is 0.375. The molecule has 0 fully saturated rings. The van der Waals surface area contributed by atoms with E-state index in [1.807, 2.05) is 52.0 Å². The predicted octanol–water partition coefficient (Wildman–Crippen LogP) is 4.85. The number of hydrogen-bond acceptors (Lipinski definition) is 6. The number of carbonyl (C=O) groups excluding carboxylic acids is 2. The molecule has 0 radical (unpaired) electrons. The zero-order valence-electron chi connectivity index (χ0n) is 25.4. The Kier molecular flexibility index (Phi) is 11.0. The van der Waals surface area contributed by atoms with E-state index in [1.54, 1.807) is 31.2 Å². The van der Waals surface area contributed by atoms with Crippen LogP contribution in [-0.4, -0.2) is 58.0 Å². The van der Waals surface area contributed by atoms with Crippen molar-refractivity contribution in [1.29, 1.82) is 0 Å². The summed E-state index contributed by atoms with van der Waals surface area (Å²) < 4.78 is 39.9. The number of benzene rings is 3. The Labute approximate surface area is 249 Å². The van der Waals surface area contributed by atoms with Gasteiger partial charge in [-0.1, -0.05) is 54.4 Å². The molecule has 0 saturated carbocycles. The highest BCUT2D eigenvalue weighted by Crippen LogP contribution is 2.34. The van der Waals surface area contributed by atoms with Crippen LogP contribution < -0.4 is 19.1 Å². The van der Waals surface area contributed by atoms with E-state index in [-0.39, 0.29) is 29.1 Å². The SMILES string of the molecule is CC[C@H](C)NC(=O)[C@@H](C)N(Cc1cccc(C)c1)C(=O)CN(c1ccc(OC)c(OC)c1)S(=O)(=O)c1ccc(C)cc1. The van der Waals surface area contributed by atoms with Crippen LogP contribution in [-0.2, 0) is 26.2 Å². The molecule has 0 aromatic heterocycles. The van der Waals surface area contributed by atoms with Crippen LogP contribution in [0.1, 0.15) is 43.9 Å². The van der Waals surface area contributed by atoms with Gasteiger partial charge in [0.15, 0.2) is 11.5 Å². The molecule has 3 aromatic carbocycles. The first kappa shape index (κ1) is 32.5. The van der Waals surface area contributed by atoms with E-state index in [1.165, 1.54) is 37.3 Å². The van der Waals surface area contributed by atoms with Crippen LogP contribution in [0.5, 0.6) is 11.5 Å². The summed E-state index contributed by atoms with van der Waals surface area (Å²) >= 11 is 0. The number of methoxy groups -OCH3 is 2. The minimum atomic E-state index is -4.20. The van der Waals surface area contributed by atoms with Gasteiger partial charge in [-0.05, 0) is 63.9 Å². The van der Waals surface area contributed by atoms with Crippen molar-refractivity contribution >= 4 is 27.5 Å². The highest BCUT2D eigenvalue weighted by Gasteiger charge is 2.33. The summed E-state index contributed by atoms with van der Waals surface area (Å²) in [5.74, 6) is -0.126. The molecular weight excluding hydrogens is 554 g/mol. The number of amides is 2. The van der Waals surface area contributed by atoms with Gasteiger partial charge in [0.05, 0.1) is 24.8 Å². The monoisotopic (exact) mass is 595 g/mol. The molecule has 0 heterocycles. The topological polar surface area (TPSA) is 105 Å². The third-order valence-electron chi connectivity index (χ3n) is 7.15. The van der Waals surface area contributed by atoms with Crippen molar-refractivity contribution < 1.29 is 27.5 Å². The first-order valence-corrected chi connectivity index (χ1v) is 15.3. The molecule has 0 aliphatic rings. The Morgan fingerprint density at radius 2 is 1.55 bits per heavy atom. The van der Waals surface area contributed by atoms with Crippen molar-refractivity contribution in [2.24, 2.45) is 0 Å². The third kappa shape index (κ3) is 7.82. The molecule has 3 rings (SSSR count). The molecule has 0 unspecified atom stereocenters. The Morgan fingerprint density at radius 3 is 2.14 bits per heavy atom. The number of ether oxygens (including phenoxy) is 2. The molecule has 42 heavy (non-hydrogen) atoms. The number of carbonyl (C=O) groups is 2. The molecule has 0 saturated heterocycles. The van der Waals surface area contributed by atoms with E-state index in [0.717, 1.165) is 27.4 Å². The maximum atomic E-state index is 14.1.